The average Bonchev–Trinajstić information content (AvgIpc) is 3.18. The van der Waals surface area contributed by atoms with Crippen molar-refractivity contribution in [2.24, 2.45) is 28.1 Å². The molecule has 1 N–H and O–H groups in total. The van der Waals surface area contributed by atoms with Crippen LogP contribution >= 0.6 is 0 Å². The molecular weight excluding hydrogens is 491 g/mol. The summed E-state index contributed by atoms with van der Waals surface area (Å²) in [6.45, 7) is 12.4. The van der Waals surface area contributed by atoms with Crippen LogP contribution in [0.5, 0.6) is 0 Å². The van der Waals surface area contributed by atoms with Crippen molar-refractivity contribution in [2.75, 3.05) is 6.61 Å². The molecule has 0 unspecified atom stereocenters. The SMILES string of the molecule is CC(C)(C)CC(=O)OCC(=O)[C@@]12OC(C)(C)O[C@@H]1C[C@@H]1[C@@H]3CCC4=CC(=O)C=C[C@]4(C)[C@@]3(F)[C@@H](O)C[C@@]12C. The van der Waals surface area contributed by atoms with Gasteiger partial charge in [-0.25, -0.2) is 4.39 Å². The number of aliphatic hydroxyl groups is 1. The lowest BCUT2D eigenvalue weighted by Gasteiger charge is -2.62. The second kappa shape index (κ2) is 8.31. The molecule has 0 spiro atoms. The van der Waals surface area contributed by atoms with Crippen molar-refractivity contribution in [3.8, 4) is 0 Å². The molecular formula is C30H41FO7. The van der Waals surface area contributed by atoms with Crippen LogP contribution < -0.4 is 0 Å². The summed E-state index contributed by atoms with van der Waals surface area (Å²) >= 11 is 0. The Morgan fingerprint density at radius 1 is 1.18 bits per heavy atom. The second-order valence-electron chi connectivity index (χ2n) is 14.2. The summed E-state index contributed by atoms with van der Waals surface area (Å²) < 4.78 is 35.6. The smallest absolute Gasteiger partial charge is 0.306 e. The Hall–Kier alpha value is -1.90. The van der Waals surface area contributed by atoms with E-state index in [0.29, 0.717) is 24.8 Å². The van der Waals surface area contributed by atoms with Crippen molar-refractivity contribution >= 4 is 17.5 Å². The molecule has 5 aliphatic rings. The third kappa shape index (κ3) is 3.66. The van der Waals surface area contributed by atoms with E-state index in [2.05, 4.69) is 0 Å². The van der Waals surface area contributed by atoms with Crippen molar-refractivity contribution in [3.63, 3.8) is 0 Å². The lowest BCUT2D eigenvalue weighted by molar-refractivity contribution is -0.246. The number of hydrogen-bond donors (Lipinski definition) is 1. The Kier molecular flexibility index (Phi) is 6.05. The predicted molar refractivity (Wildman–Crippen MR) is 137 cm³/mol. The van der Waals surface area contributed by atoms with Crippen LogP contribution in [0, 0.1) is 28.1 Å². The Bertz CT molecular complexity index is 1130. The van der Waals surface area contributed by atoms with E-state index < -0.39 is 64.4 Å². The molecule has 1 heterocycles. The highest BCUT2D eigenvalue weighted by atomic mass is 19.1. The number of allylic oxidation sites excluding steroid dienone is 4. The monoisotopic (exact) mass is 532 g/mol. The molecule has 0 aromatic carbocycles. The van der Waals surface area contributed by atoms with Gasteiger partial charge >= 0.3 is 5.97 Å². The van der Waals surface area contributed by atoms with E-state index in [1.807, 2.05) is 27.7 Å². The normalized spacial score (nSPS) is 45.0. The molecule has 0 aromatic heterocycles. The van der Waals surface area contributed by atoms with Crippen molar-refractivity contribution in [1.29, 1.82) is 0 Å². The molecule has 3 saturated carbocycles. The number of ether oxygens (including phenoxy) is 3. The molecule has 5 rings (SSSR count). The first-order valence-corrected chi connectivity index (χ1v) is 13.8. The van der Waals surface area contributed by atoms with Crippen LogP contribution in [0.15, 0.2) is 23.8 Å². The minimum absolute atomic E-state index is 0.0209. The number of fused-ring (bicyclic) bond motifs is 7. The molecule has 8 atom stereocenters. The molecule has 0 aromatic rings. The standard InChI is InChI=1S/C30H41FO7/c1-25(2,3)15-24(35)36-16-22(34)30-23(37-26(4,5)38-30)13-20-19-9-8-17-12-18(32)10-11-27(17,6)29(19,31)21(33)14-28(20,30)7/h10-12,19-21,23,33H,8-9,13-16H2,1-7H3/t19-,20+,21-,23+,27-,28-,29-,30+/m0/s1. The van der Waals surface area contributed by atoms with Crippen LogP contribution in [0.2, 0.25) is 0 Å². The molecule has 4 fully saturated rings. The van der Waals surface area contributed by atoms with Gasteiger partial charge in [0.25, 0.3) is 0 Å². The lowest BCUT2D eigenvalue weighted by atomic mass is 9.44. The summed E-state index contributed by atoms with van der Waals surface area (Å²) in [4.78, 5) is 38.6. The predicted octanol–water partition coefficient (Wildman–Crippen LogP) is 4.41. The van der Waals surface area contributed by atoms with Crippen LogP contribution in [0.25, 0.3) is 0 Å². The quantitative estimate of drug-likeness (QED) is 0.536. The van der Waals surface area contributed by atoms with Crippen LogP contribution in [0.1, 0.15) is 80.6 Å². The first-order chi connectivity index (χ1) is 17.4. The fraction of sp³-hybridized carbons (Fsp3) is 0.767. The number of Topliss-reactive ketones (excluding diaryl/α,β-unsaturated/α-hetero) is 1. The molecule has 4 aliphatic carbocycles. The van der Waals surface area contributed by atoms with Gasteiger partial charge in [0.15, 0.2) is 29.4 Å². The molecule has 38 heavy (non-hydrogen) atoms. The highest BCUT2D eigenvalue weighted by Gasteiger charge is 2.80. The number of rotatable bonds is 4. The van der Waals surface area contributed by atoms with Gasteiger partial charge in [-0.05, 0) is 69.9 Å². The largest absolute Gasteiger partial charge is 0.458 e. The molecule has 1 saturated heterocycles. The minimum Gasteiger partial charge on any atom is -0.458 e. The number of carbonyl (C=O) groups is 3. The van der Waals surface area contributed by atoms with Crippen molar-refractivity contribution in [3.05, 3.63) is 23.8 Å². The zero-order valence-corrected chi connectivity index (χ0v) is 23.6. The fourth-order valence-electron chi connectivity index (χ4n) is 8.55. The summed E-state index contributed by atoms with van der Waals surface area (Å²) in [6.07, 6.45) is 3.96. The number of hydrogen-bond acceptors (Lipinski definition) is 7. The van der Waals surface area contributed by atoms with Crippen molar-refractivity contribution in [1.82, 2.24) is 0 Å². The van der Waals surface area contributed by atoms with E-state index in [4.69, 9.17) is 14.2 Å². The molecule has 0 radical (unpaired) electrons. The summed E-state index contributed by atoms with van der Waals surface area (Å²) in [5.41, 5.74) is -5.17. The summed E-state index contributed by atoms with van der Waals surface area (Å²) in [6, 6.07) is 0. The summed E-state index contributed by atoms with van der Waals surface area (Å²) in [5.74, 6) is -3.02. The van der Waals surface area contributed by atoms with E-state index >= 15 is 4.39 Å². The summed E-state index contributed by atoms with van der Waals surface area (Å²) in [7, 11) is 0. The fourth-order valence-corrected chi connectivity index (χ4v) is 8.55. The van der Waals surface area contributed by atoms with E-state index in [0.717, 1.165) is 0 Å². The first kappa shape index (κ1) is 27.7. The minimum atomic E-state index is -2.02. The maximum Gasteiger partial charge on any atom is 0.306 e. The first-order valence-electron chi connectivity index (χ1n) is 13.8. The van der Waals surface area contributed by atoms with Gasteiger partial charge in [0.05, 0.1) is 18.6 Å². The maximum atomic E-state index is 17.4. The maximum absolute atomic E-state index is 17.4. The molecule has 7 nitrogen and oxygen atoms in total. The number of alkyl halides is 1. The molecule has 210 valence electrons. The molecule has 0 bridgehead atoms. The Balaban J connectivity index is 1.51. The highest BCUT2D eigenvalue weighted by molar-refractivity contribution is 6.01. The third-order valence-electron chi connectivity index (χ3n) is 10.1. The third-order valence-corrected chi connectivity index (χ3v) is 10.1. The zero-order chi connectivity index (χ0) is 28.1. The Morgan fingerprint density at radius 2 is 1.87 bits per heavy atom. The van der Waals surface area contributed by atoms with Crippen molar-refractivity contribution in [2.45, 2.75) is 110 Å². The van der Waals surface area contributed by atoms with Crippen LogP contribution in [0.3, 0.4) is 0 Å². The number of aliphatic hydroxyl groups excluding tert-OH is 1. The van der Waals surface area contributed by atoms with Gasteiger partial charge < -0.3 is 19.3 Å². The number of carbonyl (C=O) groups excluding carboxylic acids is 3. The van der Waals surface area contributed by atoms with E-state index in [1.54, 1.807) is 26.8 Å². The van der Waals surface area contributed by atoms with Gasteiger partial charge in [0.2, 0.25) is 5.78 Å². The van der Waals surface area contributed by atoms with E-state index in [1.165, 1.54) is 12.2 Å². The number of ketones is 2. The topological polar surface area (TPSA) is 99.1 Å². The number of halogens is 1. The van der Waals surface area contributed by atoms with Gasteiger partial charge in [0, 0.05) is 16.7 Å². The molecule has 8 heteroatoms. The van der Waals surface area contributed by atoms with E-state index in [-0.39, 0.29) is 30.0 Å². The van der Waals surface area contributed by atoms with Gasteiger partial charge in [0.1, 0.15) is 0 Å². The van der Waals surface area contributed by atoms with Crippen LogP contribution in [0.4, 0.5) is 4.39 Å². The molecule has 1 aliphatic heterocycles. The van der Waals surface area contributed by atoms with Crippen LogP contribution in [-0.2, 0) is 28.6 Å². The van der Waals surface area contributed by atoms with E-state index in [9.17, 15) is 19.5 Å². The van der Waals surface area contributed by atoms with Gasteiger partial charge in [-0.2, -0.15) is 0 Å². The number of esters is 1. The van der Waals surface area contributed by atoms with Crippen LogP contribution in [-0.4, -0.2) is 58.5 Å². The van der Waals surface area contributed by atoms with Gasteiger partial charge in [-0.3, -0.25) is 14.4 Å². The Labute approximate surface area is 224 Å². The van der Waals surface area contributed by atoms with Gasteiger partial charge in [-0.15, -0.1) is 0 Å². The highest BCUT2D eigenvalue weighted by Crippen LogP contribution is 2.72. The van der Waals surface area contributed by atoms with Gasteiger partial charge in [-0.1, -0.05) is 39.3 Å². The zero-order valence-electron chi connectivity index (χ0n) is 23.6. The average molecular weight is 533 g/mol. The molecule has 0 amide bonds. The lowest BCUT2D eigenvalue weighted by Crippen LogP contribution is -2.70. The second-order valence-corrected chi connectivity index (χ2v) is 14.2. The summed E-state index contributed by atoms with van der Waals surface area (Å²) in [5, 5.41) is 11.6. The van der Waals surface area contributed by atoms with Crippen molar-refractivity contribution < 1.29 is 38.1 Å². The Morgan fingerprint density at radius 3 is 2.53 bits per heavy atom.